The van der Waals surface area contributed by atoms with Gasteiger partial charge < -0.3 is 15.6 Å². The molecule has 5 heteroatoms. The van der Waals surface area contributed by atoms with Crippen LogP contribution in [0.5, 0.6) is 0 Å². The lowest BCUT2D eigenvalue weighted by molar-refractivity contribution is -0.305. The summed E-state index contributed by atoms with van der Waals surface area (Å²) in [6, 6.07) is 0. The van der Waals surface area contributed by atoms with Crippen LogP contribution in [0.15, 0.2) is 0 Å². The molecule has 9 heavy (non-hydrogen) atoms. The Balaban J connectivity index is 3.10. The number of aliphatic carboxylic acids is 1. The molecule has 0 aromatic rings. The Morgan fingerprint density at radius 3 is 2.67 bits per heavy atom. The second kappa shape index (κ2) is 4.58. The van der Waals surface area contributed by atoms with E-state index in [0.29, 0.717) is 5.75 Å². The number of carboxylic acids is 1. The average molecular weight is 164 g/mol. The molecule has 0 aliphatic heterocycles. The Morgan fingerprint density at radius 1 is 1.78 bits per heavy atom. The van der Waals surface area contributed by atoms with Crippen LogP contribution in [0, 0.1) is 0 Å². The first-order chi connectivity index (χ1) is 4.13. The Kier molecular flexibility index (Phi) is 4.43. The molecule has 0 aromatic carbocycles. The van der Waals surface area contributed by atoms with Gasteiger partial charge in [-0.15, -0.1) is 0 Å². The van der Waals surface area contributed by atoms with E-state index in [-0.39, 0.29) is 10.7 Å². The standard InChI is InChI=1S/C4H7NO2S2/c5-4(8)9-2-1-3(6)7/h1-2H2,(H2,5,8)(H,6,7)/p-1. The van der Waals surface area contributed by atoms with Crippen molar-refractivity contribution in [3.63, 3.8) is 0 Å². The zero-order chi connectivity index (χ0) is 7.28. The highest BCUT2D eigenvalue weighted by atomic mass is 32.2. The van der Waals surface area contributed by atoms with Gasteiger partial charge in [-0.25, -0.2) is 0 Å². The van der Waals surface area contributed by atoms with E-state index < -0.39 is 5.97 Å². The summed E-state index contributed by atoms with van der Waals surface area (Å²) < 4.78 is 0.274. The SMILES string of the molecule is NC(=S)SCCC(=O)[O-]. The van der Waals surface area contributed by atoms with Crippen LogP contribution >= 0.6 is 24.0 Å². The lowest BCUT2D eigenvalue weighted by atomic mass is 10.5. The third-order valence-corrected chi connectivity index (χ3v) is 1.60. The first-order valence-corrected chi connectivity index (χ1v) is 3.64. The molecule has 52 valence electrons. The summed E-state index contributed by atoms with van der Waals surface area (Å²) in [7, 11) is 0. The second-order valence-electron chi connectivity index (χ2n) is 1.29. The van der Waals surface area contributed by atoms with Gasteiger partial charge in [-0.1, -0.05) is 24.0 Å². The van der Waals surface area contributed by atoms with Crippen molar-refractivity contribution >= 4 is 34.3 Å². The van der Waals surface area contributed by atoms with Crippen LogP contribution < -0.4 is 10.8 Å². The smallest absolute Gasteiger partial charge is 0.131 e. The number of thiocarbonyl (C=S) groups is 1. The third-order valence-electron chi connectivity index (χ3n) is 0.551. The van der Waals surface area contributed by atoms with Gasteiger partial charge in [-0.3, -0.25) is 0 Å². The lowest BCUT2D eigenvalue weighted by Crippen LogP contribution is -2.22. The quantitative estimate of drug-likeness (QED) is 0.548. The summed E-state index contributed by atoms with van der Waals surface area (Å²) in [5.74, 6) is -0.670. The maximum absolute atomic E-state index is 9.77. The molecule has 0 radical (unpaired) electrons. The van der Waals surface area contributed by atoms with E-state index in [1.54, 1.807) is 0 Å². The van der Waals surface area contributed by atoms with Crippen molar-refractivity contribution in [1.82, 2.24) is 0 Å². The van der Waals surface area contributed by atoms with Crippen LogP contribution in [0.3, 0.4) is 0 Å². The van der Waals surface area contributed by atoms with Crippen LogP contribution in [0.25, 0.3) is 0 Å². The number of hydrogen-bond donors (Lipinski definition) is 1. The summed E-state index contributed by atoms with van der Waals surface area (Å²) >= 11 is 5.62. The molecular formula is C4H6NO2S2-. The maximum atomic E-state index is 9.77. The van der Waals surface area contributed by atoms with Crippen molar-refractivity contribution in [2.24, 2.45) is 5.73 Å². The second-order valence-corrected chi connectivity index (χ2v) is 3.12. The number of rotatable bonds is 3. The molecular weight excluding hydrogens is 158 g/mol. The fourth-order valence-corrected chi connectivity index (χ4v) is 0.955. The predicted octanol–water partition coefficient (Wildman–Crippen LogP) is -0.897. The molecule has 3 nitrogen and oxygen atoms in total. The largest absolute Gasteiger partial charge is 0.550 e. The Labute approximate surface area is 62.6 Å². The fraction of sp³-hybridized carbons (Fsp3) is 0.500. The average Bonchev–Trinajstić information content (AvgIpc) is 1.63. The van der Waals surface area contributed by atoms with Crippen LogP contribution in [0.2, 0.25) is 0 Å². The molecule has 0 saturated carbocycles. The summed E-state index contributed by atoms with van der Waals surface area (Å²) in [5, 5.41) is 9.77. The minimum atomic E-state index is -1.07. The van der Waals surface area contributed by atoms with E-state index in [0.717, 1.165) is 11.8 Å². The van der Waals surface area contributed by atoms with Gasteiger partial charge in [-0.2, -0.15) is 0 Å². The number of carbonyl (C=O) groups excluding carboxylic acids is 1. The van der Waals surface area contributed by atoms with Gasteiger partial charge in [0.05, 0.1) is 0 Å². The predicted molar refractivity (Wildman–Crippen MR) is 38.9 cm³/mol. The minimum absolute atomic E-state index is 0.00199. The fourth-order valence-electron chi connectivity index (χ4n) is 0.235. The summed E-state index contributed by atoms with van der Waals surface area (Å²) in [5.41, 5.74) is 5.06. The molecule has 0 atom stereocenters. The van der Waals surface area contributed by atoms with Gasteiger partial charge in [0, 0.05) is 11.7 Å². The molecule has 0 bridgehead atoms. The first kappa shape index (κ1) is 8.71. The summed E-state index contributed by atoms with van der Waals surface area (Å²) in [6.07, 6.45) is 0.00199. The monoisotopic (exact) mass is 164 g/mol. The summed E-state index contributed by atoms with van der Waals surface area (Å²) in [4.78, 5) is 9.77. The van der Waals surface area contributed by atoms with E-state index in [1.165, 1.54) is 0 Å². The molecule has 0 saturated heterocycles. The van der Waals surface area contributed by atoms with E-state index in [4.69, 9.17) is 5.73 Å². The van der Waals surface area contributed by atoms with Gasteiger partial charge >= 0.3 is 0 Å². The molecule has 0 aliphatic rings. The van der Waals surface area contributed by atoms with Crippen LogP contribution in [0.4, 0.5) is 0 Å². The maximum Gasteiger partial charge on any atom is 0.131 e. The van der Waals surface area contributed by atoms with Gasteiger partial charge in [0.1, 0.15) is 4.32 Å². The Hall–Kier alpha value is -0.290. The van der Waals surface area contributed by atoms with Gasteiger partial charge in [-0.05, 0) is 6.42 Å². The van der Waals surface area contributed by atoms with Gasteiger partial charge in [0.15, 0.2) is 0 Å². The molecule has 0 rings (SSSR count). The third kappa shape index (κ3) is 7.71. The van der Waals surface area contributed by atoms with Gasteiger partial charge in [0.2, 0.25) is 0 Å². The highest BCUT2D eigenvalue weighted by Gasteiger charge is 1.89. The molecule has 0 unspecified atom stereocenters. The molecule has 0 fully saturated rings. The molecule has 0 amide bonds. The van der Waals surface area contributed by atoms with Crippen LogP contribution in [0.1, 0.15) is 6.42 Å². The van der Waals surface area contributed by atoms with Crippen LogP contribution in [-0.4, -0.2) is 16.0 Å². The Bertz CT molecular complexity index is 112. The lowest BCUT2D eigenvalue weighted by Gasteiger charge is -1.98. The first-order valence-electron chi connectivity index (χ1n) is 2.25. The van der Waals surface area contributed by atoms with Crippen molar-refractivity contribution in [3.05, 3.63) is 0 Å². The minimum Gasteiger partial charge on any atom is -0.550 e. The van der Waals surface area contributed by atoms with E-state index in [2.05, 4.69) is 12.2 Å². The number of nitrogens with two attached hydrogens (primary N) is 1. The number of carboxylic acid groups (broad SMARTS) is 1. The molecule has 0 spiro atoms. The molecule has 0 heterocycles. The number of hydrogen-bond acceptors (Lipinski definition) is 4. The van der Waals surface area contributed by atoms with Gasteiger partial charge in [0.25, 0.3) is 0 Å². The molecule has 2 N–H and O–H groups in total. The Morgan fingerprint density at radius 2 is 2.33 bits per heavy atom. The van der Waals surface area contributed by atoms with Crippen molar-refractivity contribution in [3.8, 4) is 0 Å². The highest BCUT2D eigenvalue weighted by Crippen LogP contribution is 2.00. The van der Waals surface area contributed by atoms with E-state index in [1.807, 2.05) is 0 Å². The molecule has 0 aliphatic carbocycles. The topological polar surface area (TPSA) is 66.2 Å². The summed E-state index contributed by atoms with van der Waals surface area (Å²) in [6.45, 7) is 0. The van der Waals surface area contributed by atoms with Crippen molar-refractivity contribution in [1.29, 1.82) is 0 Å². The van der Waals surface area contributed by atoms with Crippen molar-refractivity contribution in [2.45, 2.75) is 6.42 Å². The molecule has 0 aromatic heterocycles. The number of carbonyl (C=O) groups is 1. The van der Waals surface area contributed by atoms with Crippen molar-refractivity contribution in [2.75, 3.05) is 5.75 Å². The zero-order valence-corrected chi connectivity index (χ0v) is 6.26. The number of thioether (sulfide) groups is 1. The highest BCUT2D eigenvalue weighted by molar-refractivity contribution is 8.22. The van der Waals surface area contributed by atoms with E-state index in [9.17, 15) is 9.90 Å². The van der Waals surface area contributed by atoms with Crippen LogP contribution in [-0.2, 0) is 4.79 Å². The normalized spacial score (nSPS) is 8.89. The van der Waals surface area contributed by atoms with E-state index >= 15 is 0 Å². The zero-order valence-electron chi connectivity index (χ0n) is 4.62. The van der Waals surface area contributed by atoms with Crippen molar-refractivity contribution < 1.29 is 9.90 Å².